The summed E-state index contributed by atoms with van der Waals surface area (Å²) in [4.78, 5) is 3.99. The molecule has 1 N–H and O–H groups in total. The lowest BCUT2D eigenvalue weighted by atomic mass is 10.1. The Hall–Kier alpha value is -2.24. The van der Waals surface area contributed by atoms with E-state index in [1.54, 1.807) is 18.5 Å². The van der Waals surface area contributed by atoms with Crippen LogP contribution in [0.2, 0.25) is 0 Å². The smallest absolute Gasteiger partial charge is 0.387 e. The molecule has 106 valence electrons. The van der Waals surface area contributed by atoms with E-state index in [0.29, 0.717) is 5.69 Å². The normalized spacial score (nSPS) is 12.2. The van der Waals surface area contributed by atoms with Gasteiger partial charge in [-0.25, -0.2) is 4.39 Å². The van der Waals surface area contributed by atoms with E-state index in [2.05, 4.69) is 15.0 Å². The molecule has 0 aliphatic carbocycles. The molecule has 0 amide bonds. The number of alkyl halides is 2. The molecule has 20 heavy (non-hydrogen) atoms. The van der Waals surface area contributed by atoms with E-state index in [0.717, 1.165) is 11.6 Å². The molecule has 1 atom stereocenters. The monoisotopic (exact) mass is 282 g/mol. The first-order valence-electron chi connectivity index (χ1n) is 5.97. The molecule has 0 spiro atoms. The molecule has 0 aliphatic heterocycles. The average Bonchev–Trinajstić information content (AvgIpc) is 2.42. The number of halogens is 3. The maximum Gasteiger partial charge on any atom is 0.387 e. The molecule has 0 bridgehead atoms. The van der Waals surface area contributed by atoms with Crippen molar-refractivity contribution in [3.8, 4) is 5.75 Å². The topological polar surface area (TPSA) is 34.1 Å². The third-order valence-corrected chi connectivity index (χ3v) is 2.72. The van der Waals surface area contributed by atoms with E-state index in [9.17, 15) is 13.2 Å². The van der Waals surface area contributed by atoms with Gasteiger partial charge >= 0.3 is 6.61 Å². The first-order chi connectivity index (χ1) is 9.56. The molecule has 1 aromatic carbocycles. The highest BCUT2D eigenvalue weighted by Crippen LogP contribution is 2.25. The Labute approximate surface area is 114 Å². The third kappa shape index (κ3) is 3.63. The summed E-state index contributed by atoms with van der Waals surface area (Å²) in [5.74, 6) is -1.31. The largest absolute Gasteiger partial charge is 0.432 e. The summed E-state index contributed by atoms with van der Waals surface area (Å²) in [6, 6.07) is 7.35. The quantitative estimate of drug-likeness (QED) is 0.900. The molecule has 0 fully saturated rings. The molecular weight excluding hydrogens is 269 g/mol. The van der Waals surface area contributed by atoms with Crippen LogP contribution >= 0.6 is 0 Å². The van der Waals surface area contributed by atoms with Crippen molar-refractivity contribution in [2.45, 2.75) is 19.6 Å². The lowest BCUT2D eigenvalue weighted by Gasteiger charge is -2.16. The minimum Gasteiger partial charge on any atom is -0.432 e. The fourth-order valence-electron chi connectivity index (χ4n) is 1.75. The van der Waals surface area contributed by atoms with Gasteiger partial charge in [-0.2, -0.15) is 8.78 Å². The van der Waals surface area contributed by atoms with Crippen LogP contribution in [0.25, 0.3) is 0 Å². The maximum atomic E-state index is 13.6. The SMILES string of the molecule is CC(Nc1ccc(OC(F)F)c(F)c1)c1cccnc1. The van der Waals surface area contributed by atoms with Crippen LogP contribution in [0.4, 0.5) is 18.9 Å². The highest BCUT2D eigenvalue weighted by molar-refractivity contribution is 5.48. The van der Waals surface area contributed by atoms with Gasteiger partial charge in [-0.1, -0.05) is 6.07 Å². The van der Waals surface area contributed by atoms with E-state index in [1.807, 2.05) is 13.0 Å². The first kappa shape index (κ1) is 14.2. The fraction of sp³-hybridized carbons (Fsp3) is 0.214. The molecular formula is C14H13F3N2O. The molecule has 3 nitrogen and oxygen atoms in total. The van der Waals surface area contributed by atoms with Crippen molar-refractivity contribution in [3.63, 3.8) is 0 Å². The summed E-state index contributed by atoms with van der Waals surface area (Å²) in [7, 11) is 0. The Morgan fingerprint density at radius 2 is 2.05 bits per heavy atom. The summed E-state index contributed by atoms with van der Waals surface area (Å²) in [5.41, 5.74) is 1.40. The van der Waals surface area contributed by atoms with E-state index in [-0.39, 0.29) is 6.04 Å². The minimum atomic E-state index is -3.04. The van der Waals surface area contributed by atoms with E-state index in [4.69, 9.17) is 0 Å². The highest BCUT2D eigenvalue weighted by Gasteiger charge is 2.11. The summed E-state index contributed by atoms with van der Waals surface area (Å²) >= 11 is 0. The van der Waals surface area contributed by atoms with Crippen LogP contribution in [0.5, 0.6) is 5.75 Å². The van der Waals surface area contributed by atoms with Crippen molar-refractivity contribution in [1.82, 2.24) is 4.98 Å². The number of hydrogen-bond donors (Lipinski definition) is 1. The standard InChI is InChI=1S/C14H13F3N2O/c1-9(10-3-2-6-18-8-10)19-11-4-5-13(12(15)7-11)20-14(16)17/h2-9,14,19H,1H3. The lowest BCUT2D eigenvalue weighted by Crippen LogP contribution is -2.08. The van der Waals surface area contributed by atoms with Crippen LogP contribution in [0.3, 0.4) is 0 Å². The Balaban J connectivity index is 2.09. The van der Waals surface area contributed by atoms with Crippen molar-refractivity contribution in [2.24, 2.45) is 0 Å². The van der Waals surface area contributed by atoms with Gasteiger partial charge in [-0.15, -0.1) is 0 Å². The predicted molar refractivity (Wildman–Crippen MR) is 69.3 cm³/mol. The van der Waals surface area contributed by atoms with Crippen molar-refractivity contribution in [1.29, 1.82) is 0 Å². The lowest BCUT2D eigenvalue weighted by molar-refractivity contribution is -0.0521. The van der Waals surface area contributed by atoms with Crippen LogP contribution in [-0.4, -0.2) is 11.6 Å². The molecule has 2 rings (SSSR count). The molecule has 1 heterocycles. The molecule has 1 aromatic heterocycles. The zero-order valence-electron chi connectivity index (χ0n) is 10.7. The average molecular weight is 282 g/mol. The molecule has 2 aromatic rings. The Bertz CT molecular complexity index is 564. The first-order valence-corrected chi connectivity index (χ1v) is 5.97. The van der Waals surface area contributed by atoms with Crippen molar-refractivity contribution in [3.05, 3.63) is 54.1 Å². The van der Waals surface area contributed by atoms with Gasteiger partial charge in [-0.3, -0.25) is 4.98 Å². The zero-order chi connectivity index (χ0) is 14.5. The number of nitrogens with one attached hydrogen (secondary N) is 1. The highest BCUT2D eigenvalue weighted by atomic mass is 19.3. The molecule has 0 saturated carbocycles. The molecule has 0 radical (unpaired) electrons. The number of pyridine rings is 1. The van der Waals surface area contributed by atoms with Gasteiger partial charge in [-0.05, 0) is 30.7 Å². The fourth-order valence-corrected chi connectivity index (χ4v) is 1.75. The molecule has 0 aliphatic rings. The Kier molecular flexibility index (Phi) is 4.45. The number of aromatic nitrogens is 1. The van der Waals surface area contributed by atoms with Crippen LogP contribution < -0.4 is 10.1 Å². The van der Waals surface area contributed by atoms with E-state index in [1.165, 1.54) is 12.1 Å². The van der Waals surface area contributed by atoms with Gasteiger partial charge in [0.15, 0.2) is 11.6 Å². The van der Waals surface area contributed by atoms with Gasteiger partial charge in [0.05, 0.1) is 6.04 Å². The maximum absolute atomic E-state index is 13.6. The molecule has 0 saturated heterocycles. The number of ether oxygens (including phenoxy) is 1. The minimum absolute atomic E-state index is 0.0926. The predicted octanol–water partition coefficient (Wildman–Crippen LogP) is 4.00. The van der Waals surface area contributed by atoms with Crippen molar-refractivity contribution >= 4 is 5.69 Å². The van der Waals surface area contributed by atoms with Crippen LogP contribution in [0.15, 0.2) is 42.7 Å². The number of hydrogen-bond acceptors (Lipinski definition) is 3. The van der Waals surface area contributed by atoms with Gasteiger partial charge < -0.3 is 10.1 Å². The number of nitrogens with zero attached hydrogens (tertiary/aromatic N) is 1. The van der Waals surface area contributed by atoms with Gasteiger partial charge in [0.25, 0.3) is 0 Å². The van der Waals surface area contributed by atoms with Crippen LogP contribution in [0.1, 0.15) is 18.5 Å². The van der Waals surface area contributed by atoms with Gasteiger partial charge in [0, 0.05) is 24.1 Å². The summed E-state index contributed by atoms with van der Waals surface area (Å²) < 4.78 is 41.6. The number of benzene rings is 1. The zero-order valence-corrected chi connectivity index (χ0v) is 10.7. The van der Waals surface area contributed by atoms with E-state index < -0.39 is 18.2 Å². The Morgan fingerprint density at radius 3 is 2.65 bits per heavy atom. The second-order valence-electron chi connectivity index (χ2n) is 4.18. The van der Waals surface area contributed by atoms with Crippen LogP contribution in [0, 0.1) is 5.82 Å². The summed E-state index contributed by atoms with van der Waals surface area (Å²) in [6.45, 7) is -1.16. The number of anilines is 1. The van der Waals surface area contributed by atoms with E-state index >= 15 is 0 Å². The molecule has 1 unspecified atom stereocenters. The van der Waals surface area contributed by atoms with Crippen molar-refractivity contribution < 1.29 is 17.9 Å². The van der Waals surface area contributed by atoms with Crippen molar-refractivity contribution in [2.75, 3.05) is 5.32 Å². The Morgan fingerprint density at radius 1 is 1.25 bits per heavy atom. The molecule has 6 heteroatoms. The summed E-state index contributed by atoms with van der Waals surface area (Å²) in [5, 5.41) is 3.06. The summed E-state index contributed by atoms with van der Waals surface area (Å²) in [6.07, 6.45) is 3.36. The van der Waals surface area contributed by atoms with Crippen LogP contribution in [-0.2, 0) is 0 Å². The number of rotatable bonds is 5. The van der Waals surface area contributed by atoms with Gasteiger partial charge in [0.2, 0.25) is 0 Å². The third-order valence-electron chi connectivity index (χ3n) is 2.72. The second-order valence-corrected chi connectivity index (χ2v) is 4.18. The second kappa shape index (κ2) is 6.27. The van der Waals surface area contributed by atoms with Gasteiger partial charge in [0.1, 0.15) is 0 Å².